The van der Waals surface area contributed by atoms with Crippen molar-refractivity contribution in [2.24, 2.45) is 0 Å². The van der Waals surface area contributed by atoms with Crippen LogP contribution >= 0.6 is 0 Å². The predicted molar refractivity (Wildman–Crippen MR) is 246 cm³/mol. The molecule has 0 bridgehead atoms. The molecule has 7 aromatic carbocycles. The number of rotatable bonds is 2. The molecule has 0 atom stereocenters. The van der Waals surface area contributed by atoms with Gasteiger partial charge in [-0.1, -0.05) is 165 Å². The summed E-state index contributed by atoms with van der Waals surface area (Å²) in [4.78, 5) is 2.66. The zero-order valence-corrected chi connectivity index (χ0v) is 34.7. The Morgan fingerprint density at radius 2 is 1.11 bits per heavy atom. The topological polar surface area (TPSA) is 8.17 Å². The van der Waals surface area contributed by atoms with Crippen molar-refractivity contribution in [3.8, 4) is 44.6 Å². The Kier molecular flexibility index (Phi) is 6.90. The van der Waals surface area contributed by atoms with Crippen LogP contribution in [0.4, 0.5) is 17.1 Å². The van der Waals surface area contributed by atoms with Crippen molar-refractivity contribution in [3.63, 3.8) is 0 Å². The first-order valence-electron chi connectivity index (χ1n) is 20.7. The van der Waals surface area contributed by atoms with E-state index in [-0.39, 0.29) is 23.1 Å². The number of hydrogen-bond donors (Lipinski definition) is 0. The normalized spacial score (nSPS) is 14.0. The van der Waals surface area contributed by atoms with Crippen LogP contribution in [0.5, 0.6) is 0 Å². The fourth-order valence-electron chi connectivity index (χ4n) is 10.2. The van der Waals surface area contributed by atoms with E-state index in [1.165, 1.54) is 111 Å². The van der Waals surface area contributed by atoms with Gasteiger partial charge < -0.3 is 9.38 Å². The van der Waals surface area contributed by atoms with Gasteiger partial charge in [0.05, 0.1) is 11.4 Å². The zero-order chi connectivity index (χ0) is 39.3. The number of hydrogen-bond acceptors (Lipinski definition) is 1. The smallest absolute Gasteiger partial charge is 0.333 e. The molecule has 0 aliphatic carbocycles. The number of benzene rings is 7. The minimum atomic E-state index is -0.0650. The minimum Gasteiger partial charge on any atom is -0.375 e. The highest BCUT2D eigenvalue weighted by Crippen LogP contribution is 2.56. The van der Waals surface area contributed by atoms with E-state index in [2.05, 4.69) is 205 Å². The molecule has 0 spiro atoms. The SMILES string of the molecule is CC(C)(C)c1ccc2c(c1)-c1cccc3ccc4c(c13)N2c1cc(C(C)(C)C)cc2c1B4n1c(-c3ccccc3)c(-c3ccccc3)c3cc(C(C)(C)C)cc-2c31. The first-order valence-corrected chi connectivity index (χ1v) is 20.7. The van der Waals surface area contributed by atoms with Gasteiger partial charge in [0.15, 0.2) is 0 Å². The number of anilines is 3. The van der Waals surface area contributed by atoms with Crippen molar-refractivity contribution in [1.82, 2.24) is 4.48 Å². The Morgan fingerprint density at radius 1 is 0.474 bits per heavy atom. The van der Waals surface area contributed by atoms with Crippen LogP contribution in [0.25, 0.3) is 66.3 Å². The average molecular weight is 737 g/mol. The maximum Gasteiger partial charge on any atom is 0.333 e. The van der Waals surface area contributed by atoms with Crippen LogP contribution in [-0.2, 0) is 16.2 Å². The Bertz CT molecular complexity index is 3000. The predicted octanol–water partition coefficient (Wildman–Crippen LogP) is 13.4. The maximum atomic E-state index is 2.76. The van der Waals surface area contributed by atoms with Gasteiger partial charge in [0.25, 0.3) is 0 Å². The maximum absolute atomic E-state index is 2.76. The summed E-state index contributed by atoms with van der Waals surface area (Å²) < 4.78 is 2.76. The molecule has 4 heterocycles. The molecule has 0 N–H and O–H groups in total. The first-order chi connectivity index (χ1) is 27.2. The second-order valence-corrected chi connectivity index (χ2v) is 19.8. The van der Waals surface area contributed by atoms with Crippen LogP contribution < -0.4 is 15.8 Å². The molecule has 3 aliphatic heterocycles. The molecule has 2 nitrogen and oxygen atoms in total. The molecule has 278 valence electrons. The van der Waals surface area contributed by atoms with Crippen LogP contribution in [0.15, 0.2) is 133 Å². The summed E-state index contributed by atoms with van der Waals surface area (Å²) >= 11 is 0. The molecular formula is C54H49BN2. The molecule has 0 unspecified atom stereocenters. The van der Waals surface area contributed by atoms with E-state index in [9.17, 15) is 0 Å². The van der Waals surface area contributed by atoms with Crippen molar-refractivity contribution in [2.45, 2.75) is 78.6 Å². The largest absolute Gasteiger partial charge is 0.375 e. The van der Waals surface area contributed by atoms with Gasteiger partial charge in [-0.2, -0.15) is 0 Å². The lowest BCUT2D eigenvalue weighted by molar-refractivity contribution is 0.589. The van der Waals surface area contributed by atoms with E-state index in [1.807, 2.05) is 0 Å². The molecule has 57 heavy (non-hydrogen) atoms. The zero-order valence-electron chi connectivity index (χ0n) is 34.7. The standard InChI is InChI=1S/C54H49BN2/c1-52(2,3)35-24-26-44-39(27-35)38-22-16-21-33-23-25-43-51(46(33)38)56(44)45-31-37(54(7,8)9)28-40-41-29-36(53(4,5)6)30-42-47(32-17-12-10-13-18-32)49(34-19-14-11-15-20-34)57(50(41)42)55(43)48(40)45/h10-31H,1-9H3. The Hall–Kier alpha value is -5.80. The van der Waals surface area contributed by atoms with E-state index in [0.29, 0.717) is 0 Å². The quantitative estimate of drug-likeness (QED) is 0.160. The van der Waals surface area contributed by atoms with Crippen molar-refractivity contribution in [1.29, 1.82) is 0 Å². The monoisotopic (exact) mass is 736 g/mol. The van der Waals surface area contributed by atoms with Crippen molar-refractivity contribution in [3.05, 3.63) is 150 Å². The summed E-state index contributed by atoms with van der Waals surface area (Å²) in [5, 5.41) is 3.97. The summed E-state index contributed by atoms with van der Waals surface area (Å²) in [5.41, 5.74) is 22.4. The second kappa shape index (κ2) is 11.4. The van der Waals surface area contributed by atoms with Crippen molar-refractivity contribution in [2.75, 3.05) is 4.90 Å². The molecule has 0 fully saturated rings. The summed E-state index contributed by atoms with van der Waals surface area (Å²) in [5.74, 6) is 0. The van der Waals surface area contributed by atoms with Gasteiger partial charge in [0, 0.05) is 44.4 Å². The van der Waals surface area contributed by atoms with Crippen LogP contribution in [0.1, 0.15) is 79.0 Å². The molecule has 11 rings (SSSR count). The molecular weight excluding hydrogens is 687 g/mol. The van der Waals surface area contributed by atoms with Gasteiger partial charge in [0.2, 0.25) is 0 Å². The van der Waals surface area contributed by atoms with Crippen LogP contribution in [0.2, 0.25) is 0 Å². The van der Waals surface area contributed by atoms with Crippen LogP contribution in [0, 0.1) is 0 Å². The average Bonchev–Trinajstić information content (AvgIpc) is 3.53. The van der Waals surface area contributed by atoms with Gasteiger partial charge in [-0.3, -0.25) is 0 Å². The fourth-order valence-corrected chi connectivity index (χ4v) is 10.2. The lowest BCUT2D eigenvalue weighted by atomic mass is 9.44. The highest BCUT2D eigenvalue weighted by atomic mass is 15.2. The Morgan fingerprint density at radius 3 is 1.79 bits per heavy atom. The van der Waals surface area contributed by atoms with Gasteiger partial charge >= 0.3 is 6.85 Å². The summed E-state index contributed by atoms with van der Waals surface area (Å²) in [6, 6.07) is 51.5. The van der Waals surface area contributed by atoms with E-state index < -0.39 is 0 Å². The van der Waals surface area contributed by atoms with E-state index in [1.54, 1.807) is 0 Å². The van der Waals surface area contributed by atoms with Gasteiger partial charge in [-0.05, 0) is 102 Å². The lowest BCUT2D eigenvalue weighted by Crippen LogP contribution is -2.57. The third-order valence-electron chi connectivity index (χ3n) is 13.1. The molecule has 1 aromatic heterocycles. The van der Waals surface area contributed by atoms with Crippen molar-refractivity contribution < 1.29 is 0 Å². The van der Waals surface area contributed by atoms with E-state index >= 15 is 0 Å². The van der Waals surface area contributed by atoms with Crippen LogP contribution in [0.3, 0.4) is 0 Å². The number of fused-ring (bicyclic) bond motifs is 7. The third kappa shape index (κ3) is 4.78. The van der Waals surface area contributed by atoms with Gasteiger partial charge in [0.1, 0.15) is 0 Å². The van der Waals surface area contributed by atoms with E-state index in [4.69, 9.17) is 0 Å². The molecule has 3 aliphatic rings. The second-order valence-electron chi connectivity index (χ2n) is 19.8. The summed E-state index contributed by atoms with van der Waals surface area (Å²) in [6.07, 6.45) is 0. The minimum absolute atomic E-state index is 0.0297. The molecule has 0 radical (unpaired) electrons. The van der Waals surface area contributed by atoms with Gasteiger partial charge in [-0.15, -0.1) is 0 Å². The highest BCUT2D eigenvalue weighted by molar-refractivity contribution is 6.90. The first kappa shape index (κ1) is 34.5. The molecule has 0 amide bonds. The molecule has 8 aromatic rings. The molecule has 0 saturated heterocycles. The fraction of sp³-hybridized carbons (Fsp3) is 0.222. The number of aromatic nitrogens is 1. The summed E-state index contributed by atoms with van der Waals surface area (Å²) in [7, 11) is 0. The third-order valence-corrected chi connectivity index (χ3v) is 13.1. The van der Waals surface area contributed by atoms with Gasteiger partial charge in [-0.25, -0.2) is 0 Å². The van der Waals surface area contributed by atoms with E-state index in [0.717, 1.165) is 0 Å². The summed E-state index contributed by atoms with van der Waals surface area (Å²) in [6.45, 7) is 21.1. The Balaban J connectivity index is 1.38. The highest BCUT2D eigenvalue weighted by Gasteiger charge is 2.47. The lowest BCUT2D eigenvalue weighted by Gasteiger charge is -2.45. The molecule has 3 heteroatoms. The number of nitrogens with zero attached hydrogens (tertiary/aromatic N) is 2. The van der Waals surface area contributed by atoms with Crippen LogP contribution in [-0.4, -0.2) is 11.3 Å². The van der Waals surface area contributed by atoms with Crippen molar-refractivity contribution >= 4 is 56.5 Å². The molecule has 0 saturated carbocycles. The Labute approximate surface area is 337 Å².